The zero-order valence-electron chi connectivity index (χ0n) is 8.71. The Morgan fingerprint density at radius 3 is 3.13 bits per heavy atom. The molecule has 15 heavy (non-hydrogen) atoms. The molecule has 0 spiro atoms. The highest BCUT2D eigenvalue weighted by Gasteiger charge is 2.33. The summed E-state index contributed by atoms with van der Waals surface area (Å²) in [6.07, 6.45) is 2.44. The van der Waals surface area contributed by atoms with Gasteiger partial charge in [0.05, 0.1) is 0 Å². The standard InChI is InChI=1S/C9H13N3O2S/c1-3-12-5-10-11-9(12)15-7-4-6(2)14-8(7)13/h5-7H,3-4H2,1-2H3/t6-,7+/m0/s1. The van der Waals surface area contributed by atoms with Crippen LogP contribution in [-0.2, 0) is 16.1 Å². The van der Waals surface area contributed by atoms with E-state index >= 15 is 0 Å². The first-order valence-corrected chi connectivity index (χ1v) is 5.83. The molecule has 1 aliphatic heterocycles. The Labute approximate surface area is 92.2 Å². The minimum Gasteiger partial charge on any atom is -0.462 e. The molecule has 6 heteroatoms. The van der Waals surface area contributed by atoms with Gasteiger partial charge in [0.1, 0.15) is 17.7 Å². The van der Waals surface area contributed by atoms with Crippen LogP contribution in [-0.4, -0.2) is 32.1 Å². The smallest absolute Gasteiger partial charge is 0.319 e. The van der Waals surface area contributed by atoms with Crippen LogP contribution in [0.15, 0.2) is 11.5 Å². The van der Waals surface area contributed by atoms with Crippen molar-refractivity contribution in [1.29, 1.82) is 0 Å². The molecule has 0 aliphatic carbocycles. The molecule has 5 nitrogen and oxygen atoms in total. The Hall–Kier alpha value is -1.04. The minimum atomic E-state index is -0.141. The van der Waals surface area contributed by atoms with E-state index in [2.05, 4.69) is 10.2 Å². The maximum absolute atomic E-state index is 11.4. The molecule has 1 fully saturated rings. The van der Waals surface area contributed by atoms with E-state index in [0.717, 1.165) is 18.1 Å². The van der Waals surface area contributed by atoms with Gasteiger partial charge in [0.25, 0.3) is 0 Å². The van der Waals surface area contributed by atoms with Gasteiger partial charge in [-0.1, -0.05) is 11.8 Å². The molecular weight excluding hydrogens is 214 g/mol. The highest BCUT2D eigenvalue weighted by molar-refractivity contribution is 8.00. The second-order valence-electron chi connectivity index (χ2n) is 3.49. The van der Waals surface area contributed by atoms with Crippen LogP contribution in [0.25, 0.3) is 0 Å². The quantitative estimate of drug-likeness (QED) is 0.724. The van der Waals surface area contributed by atoms with Crippen molar-refractivity contribution in [3.05, 3.63) is 6.33 Å². The largest absolute Gasteiger partial charge is 0.462 e. The number of aromatic nitrogens is 3. The Kier molecular flexibility index (Phi) is 2.95. The van der Waals surface area contributed by atoms with Crippen LogP contribution in [0.4, 0.5) is 0 Å². The summed E-state index contributed by atoms with van der Waals surface area (Å²) in [6, 6.07) is 0. The van der Waals surface area contributed by atoms with E-state index in [1.165, 1.54) is 11.8 Å². The summed E-state index contributed by atoms with van der Waals surface area (Å²) >= 11 is 1.44. The van der Waals surface area contributed by atoms with Crippen LogP contribution < -0.4 is 0 Å². The molecular formula is C9H13N3O2S. The molecule has 82 valence electrons. The van der Waals surface area contributed by atoms with Gasteiger partial charge in [0.2, 0.25) is 0 Å². The number of hydrogen-bond acceptors (Lipinski definition) is 5. The molecule has 1 aromatic rings. The lowest BCUT2D eigenvalue weighted by Gasteiger charge is -2.05. The predicted molar refractivity (Wildman–Crippen MR) is 55.5 cm³/mol. The van der Waals surface area contributed by atoms with Crippen molar-refractivity contribution >= 4 is 17.7 Å². The second kappa shape index (κ2) is 4.22. The van der Waals surface area contributed by atoms with Crippen LogP contribution in [0.2, 0.25) is 0 Å². The van der Waals surface area contributed by atoms with Gasteiger partial charge in [-0.25, -0.2) is 0 Å². The topological polar surface area (TPSA) is 57.0 Å². The second-order valence-corrected chi connectivity index (χ2v) is 4.66. The van der Waals surface area contributed by atoms with Crippen molar-refractivity contribution in [2.75, 3.05) is 0 Å². The molecule has 0 saturated carbocycles. The zero-order chi connectivity index (χ0) is 10.8. The number of carbonyl (C=O) groups is 1. The number of carbonyl (C=O) groups excluding carboxylic acids is 1. The third-order valence-corrected chi connectivity index (χ3v) is 3.49. The van der Waals surface area contributed by atoms with Crippen LogP contribution in [0, 0.1) is 0 Å². The molecule has 1 aromatic heterocycles. The van der Waals surface area contributed by atoms with Crippen molar-refractivity contribution in [1.82, 2.24) is 14.8 Å². The van der Waals surface area contributed by atoms with Gasteiger partial charge >= 0.3 is 5.97 Å². The van der Waals surface area contributed by atoms with E-state index in [1.54, 1.807) is 6.33 Å². The summed E-state index contributed by atoms with van der Waals surface area (Å²) in [6.45, 7) is 4.73. The van der Waals surface area contributed by atoms with Gasteiger partial charge in [-0.05, 0) is 13.8 Å². The minimum absolute atomic E-state index is 0.0213. The molecule has 0 radical (unpaired) electrons. The highest BCUT2D eigenvalue weighted by atomic mass is 32.2. The molecule has 0 unspecified atom stereocenters. The van der Waals surface area contributed by atoms with Gasteiger partial charge in [0, 0.05) is 13.0 Å². The fraction of sp³-hybridized carbons (Fsp3) is 0.667. The lowest BCUT2D eigenvalue weighted by molar-refractivity contribution is -0.140. The van der Waals surface area contributed by atoms with Crippen LogP contribution in [0.1, 0.15) is 20.3 Å². The zero-order valence-corrected chi connectivity index (χ0v) is 9.53. The maximum Gasteiger partial charge on any atom is 0.319 e. The normalized spacial score (nSPS) is 25.6. The summed E-state index contributed by atoms with van der Waals surface area (Å²) in [5.74, 6) is -0.141. The maximum atomic E-state index is 11.4. The Balaban J connectivity index is 2.06. The fourth-order valence-electron chi connectivity index (χ4n) is 1.50. The molecule has 1 saturated heterocycles. The van der Waals surface area contributed by atoms with Crippen molar-refractivity contribution in [2.45, 2.75) is 43.3 Å². The molecule has 2 atom stereocenters. The van der Waals surface area contributed by atoms with Crippen molar-refractivity contribution in [2.24, 2.45) is 0 Å². The first-order chi connectivity index (χ1) is 7.20. The molecule has 0 amide bonds. The third kappa shape index (κ3) is 2.14. The van der Waals surface area contributed by atoms with E-state index in [0.29, 0.717) is 0 Å². The summed E-state index contributed by atoms with van der Waals surface area (Å²) in [5.41, 5.74) is 0. The lowest BCUT2D eigenvalue weighted by atomic mass is 10.3. The summed E-state index contributed by atoms with van der Waals surface area (Å²) in [4.78, 5) is 11.4. The number of cyclic esters (lactones) is 1. The van der Waals surface area contributed by atoms with E-state index in [1.807, 2.05) is 18.4 Å². The Bertz CT molecular complexity index is 366. The van der Waals surface area contributed by atoms with Crippen molar-refractivity contribution < 1.29 is 9.53 Å². The molecule has 0 bridgehead atoms. The average Bonchev–Trinajstić information content (AvgIpc) is 2.74. The van der Waals surface area contributed by atoms with E-state index in [-0.39, 0.29) is 17.3 Å². The molecule has 1 aliphatic rings. The fourth-order valence-corrected chi connectivity index (χ4v) is 2.68. The number of thioether (sulfide) groups is 1. The Morgan fingerprint density at radius 2 is 2.53 bits per heavy atom. The summed E-state index contributed by atoms with van der Waals surface area (Å²) in [5, 5.41) is 8.45. The first kappa shape index (κ1) is 10.5. The molecule has 0 N–H and O–H groups in total. The number of esters is 1. The lowest BCUT2D eigenvalue weighted by Crippen LogP contribution is -2.11. The van der Waals surface area contributed by atoms with Gasteiger partial charge in [-0.2, -0.15) is 0 Å². The highest BCUT2D eigenvalue weighted by Crippen LogP contribution is 2.30. The van der Waals surface area contributed by atoms with Crippen LogP contribution in [0.3, 0.4) is 0 Å². The number of aryl methyl sites for hydroxylation is 1. The van der Waals surface area contributed by atoms with Gasteiger partial charge < -0.3 is 9.30 Å². The van der Waals surface area contributed by atoms with Crippen molar-refractivity contribution in [3.8, 4) is 0 Å². The summed E-state index contributed by atoms with van der Waals surface area (Å²) < 4.78 is 7.00. The van der Waals surface area contributed by atoms with Crippen molar-refractivity contribution in [3.63, 3.8) is 0 Å². The molecule has 2 heterocycles. The number of hydrogen-bond donors (Lipinski definition) is 0. The number of nitrogens with zero attached hydrogens (tertiary/aromatic N) is 3. The average molecular weight is 227 g/mol. The van der Waals surface area contributed by atoms with E-state index < -0.39 is 0 Å². The van der Waals surface area contributed by atoms with E-state index in [4.69, 9.17) is 4.74 Å². The Morgan fingerprint density at radius 1 is 1.73 bits per heavy atom. The molecule has 2 rings (SSSR count). The third-order valence-electron chi connectivity index (χ3n) is 2.29. The van der Waals surface area contributed by atoms with Crippen LogP contribution in [0.5, 0.6) is 0 Å². The van der Waals surface area contributed by atoms with Crippen LogP contribution >= 0.6 is 11.8 Å². The van der Waals surface area contributed by atoms with Gasteiger partial charge in [-0.3, -0.25) is 4.79 Å². The SMILES string of the molecule is CCn1cnnc1S[C@@H]1C[C@H](C)OC1=O. The molecule has 0 aromatic carbocycles. The first-order valence-electron chi connectivity index (χ1n) is 4.95. The predicted octanol–water partition coefficient (Wildman–Crippen LogP) is 1.09. The monoisotopic (exact) mass is 227 g/mol. The van der Waals surface area contributed by atoms with E-state index in [9.17, 15) is 4.79 Å². The number of ether oxygens (including phenoxy) is 1. The van der Waals surface area contributed by atoms with Gasteiger partial charge in [-0.15, -0.1) is 10.2 Å². The summed E-state index contributed by atoms with van der Waals surface area (Å²) in [7, 11) is 0. The number of rotatable bonds is 3. The van der Waals surface area contributed by atoms with Gasteiger partial charge in [0.15, 0.2) is 5.16 Å².